The highest BCUT2D eigenvalue weighted by molar-refractivity contribution is 7.99. The van der Waals surface area contributed by atoms with Crippen LogP contribution < -0.4 is 10.5 Å². The van der Waals surface area contributed by atoms with E-state index in [0.717, 1.165) is 22.1 Å². The summed E-state index contributed by atoms with van der Waals surface area (Å²) in [6.07, 6.45) is 0. The van der Waals surface area contributed by atoms with Gasteiger partial charge in [0.2, 0.25) is 0 Å². The molecule has 19 heavy (non-hydrogen) atoms. The van der Waals surface area contributed by atoms with Crippen LogP contribution in [-0.2, 0) is 0 Å². The summed E-state index contributed by atoms with van der Waals surface area (Å²) in [5.74, 6) is 1.61. The van der Waals surface area contributed by atoms with Crippen molar-refractivity contribution in [2.45, 2.75) is 4.90 Å². The maximum atomic E-state index is 8.69. The SMILES string of the molecule is N#Cc1ccc(OCCSc2ccccc2N)cc1. The number of nitrogens with two attached hydrogens (primary N) is 1. The Morgan fingerprint density at radius 3 is 2.53 bits per heavy atom. The van der Waals surface area contributed by atoms with Crippen molar-refractivity contribution in [2.24, 2.45) is 0 Å². The van der Waals surface area contributed by atoms with Gasteiger partial charge in [0.15, 0.2) is 0 Å². The van der Waals surface area contributed by atoms with Crippen molar-refractivity contribution in [3.8, 4) is 11.8 Å². The van der Waals surface area contributed by atoms with Crippen molar-refractivity contribution in [1.82, 2.24) is 0 Å². The van der Waals surface area contributed by atoms with Crippen molar-refractivity contribution in [1.29, 1.82) is 5.26 Å². The molecule has 0 aliphatic rings. The summed E-state index contributed by atoms with van der Waals surface area (Å²) in [7, 11) is 0. The highest BCUT2D eigenvalue weighted by Gasteiger charge is 1.99. The molecule has 2 aromatic carbocycles. The molecule has 0 fully saturated rings. The largest absolute Gasteiger partial charge is 0.493 e. The van der Waals surface area contributed by atoms with Gasteiger partial charge in [-0.05, 0) is 36.4 Å². The number of thioether (sulfide) groups is 1. The van der Waals surface area contributed by atoms with Gasteiger partial charge in [-0.2, -0.15) is 5.26 Å². The number of nitrogens with zero attached hydrogens (tertiary/aromatic N) is 1. The lowest BCUT2D eigenvalue weighted by molar-refractivity contribution is 0.344. The predicted octanol–water partition coefficient (Wildman–Crippen LogP) is 3.31. The summed E-state index contributed by atoms with van der Waals surface area (Å²) in [5.41, 5.74) is 7.29. The monoisotopic (exact) mass is 270 g/mol. The van der Waals surface area contributed by atoms with Crippen molar-refractivity contribution in [3.63, 3.8) is 0 Å². The fraction of sp³-hybridized carbons (Fsp3) is 0.133. The van der Waals surface area contributed by atoms with Crippen LogP contribution in [-0.4, -0.2) is 12.4 Å². The van der Waals surface area contributed by atoms with E-state index in [0.29, 0.717) is 12.2 Å². The van der Waals surface area contributed by atoms with Crippen LogP contribution in [0.2, 0.25) is 0 Å². The first-order valence-corrected chi connectivity index (χ1v) is 6.88. The van der Waals surface area contributed by atoms with Gasteiger partial charge in [0.1, 0.15) is 5.75 Å². The molecule has 0 saturated heterocycles. The first kappa shape index (κ1) is 13.3. The Bertz CT molecular complexity index is 575. The predicted molar refractivity (Wildman–Crippen MR) is 78.2 cm³/mol. The molecular weight excluding hydrogens is 256 g/mol. The Kier molecular flexibility index (Phi) is 4.71. The summed E-state index contributed by atoms with van der Waals surface area (Å²) in [5, 5.41) is 8.69. The van der Waals surface area contributed by atoms with Gasteiger partial charge in [-0.25, -0.2) is 0 Å². The van der Waals surface area contributed by atoms with Gasteiger partial charge in [0.05, 0.1) is 18.2 Å². The van der Waals surface area contributed by atoms with Crippen LogP contribution in [0.25, 0.3) is 0 Å². The second kappa shape index (κ2) is 6.72. The lowest BCUT2D eigenvalue weighted by atomic mass is 10.2. The number of hydrogen-bond donors (Lipinski definition) is 1. The van der Waals surface area contributed by atoms with Crippen molar-refractivity contribution in [3.05, 3.63) is 54.1 Å². The molecule has 0 aliphatic heterocycles. The third-order valence-electron chi connectivity index (χ3n) is 2.51. The lowest BCUT2D eigenvalue weighted by Crippen LogP contribution is -2.00. The molecular formula is C15H14N2OS. The van der Waals surface area contributed by atoms with E-state index in [-0.39, 0.29) is 0 Å². The quantitative estimate of drug-likeness (QED) is 0.514. The minimum Gasteiger partial charge on any atom is -0.493 e. The van der Waals surface area contributed by atoms with E-state index in [9.17, 15) is 0 Å². The molecule has 0 spiro atoms. The molecule has 0 amide bonds. The van der Waals surface area contributed by atoms with Gasteiger partial charge >= 0.3 is 0 Å². The zero-order valence-electron chi connectivity index (χ0n) is 10.4. The average molecular weight is 270 g/mol. The van der Waals surface area contributed by atoms with Crippen LogP contribution in [0.1, 0.15) is 5.56 Å². The van der Waals surface area contributed by atoms with Crippen LogP contribution in [0.3, 0.4) is 0 Å². The molecule has 0 saturated carbocycles. The molecule has 0 unspecified atom stereocenters. The number of hydrogen-bond acceptors (Lipinski definition) is 4. The molecule has 3 nitrogen and oxygen atoms in total. The highest BCUT2D eigenvalue weighted by atomic mass is 32.2. The molecule has 0 aliphatic carbocycles. The highest BCUT2D eigenvalue weighted by Crippen LogP contribution is 2.24. The van der Waals surface area contributed by atoms with E-state index < -0.39 is 0 Å². The first-order chi connectivity index (χ1) is 9.29. The topological polar surface area (TPSA) is 59.0 Å². The van der Waals surface area contributed by atoms with E-state index in [2.05, 4.69) is 6.07 Å². The third kappa shape index (κ3) is 3.94. The van der Waals surface area contributed by atoms with E-state index in [1.807, 2.05) is 24.3 Å². The summed E-state index contributed by atoms with van der Waals surface area (Å²) < 4.78 is 5.60. The maximum Gasteiger partial charge on any atom is 0.119 e. The minimum atomic E-state index is 0.602. The number of benzene rings is 2. The van der Waals surface area contributed by atoms with Crippen LogP contribution in [0.4, 0.5) is 5.69 Å². The van der Waals surface area contributed by atoms with E-state index >= 15 is 0 Å². The van der Waals surface area contributed by atoms with Crippen molar-refractivity contribution >= 4 is 17.4 Å². The number of nitriles is 1. The van der Waals surface area contributed by atoms with E-state index in [1.54, 1.807) is 36.0 Å². The number of ether oxygens (including phenoxy) is 1. The molecule has 0 bridgehead atoms. The van der Waals surface area contributed by atoms with Crippen LogP contribution in [0, 0.1) is 11.3 Å². The lowest BCUT2D eigenvalue weighted by Gasteiger charge is -2.07. The normalized spacial score (nSPS) is 9.84. The van der Waals surface area contributed by atoms with E-state index in [1.165, 1.54) is 0 Å². The Labute approximate surface area is 117 Å². The summed E-state index contributed by atoms with van der Waals surface area (Å²) >= 11 is 1.67. The fourth-order valence-electron chi connectivity index (χ4n) is 1.55. The number of anilines is 1. The molecule has 4 heteroatoms. The van der Waals surface area contributed by atoms with Crippen molar-refractivity contribution in [2.75, 3.05) is 18.1 Å². The second-order valence-electron chi connectivity index (χ2n) is 3.87. The molecule has 0 heterocycles. The average Bonchev–Trinajstić information content (AvgIpc) is 2.46. The molecule has 2 aromatic rings. The van der Waals surface area contributed by atoms with Crippen LogP contribution in [0.15, 0.2) is 53.4 Å². The van der Waals surface area contributed by atoms with Crippen LogP contribution in [0.5, 0.6) is 5.75 Å². The smallest absolute Gasteiger partial charge is 0.119 e. The summed E-state index contributed by atoms with van der Waals surface area (Å²) in [4.78, 5) is 1.07. The Hall–Kier alpha value is -2.12. The Morgan fingerprint density at radius 2 is 1.84 bits per heavy atom. The molecule has 0 radical (unpaired) electrons. The first-order valence-electron chi connectivity index (χ1n) is 5.90. The Morgan fingerprint density at radius 1 is 1.11 bits per heavy atom. The van der Waals surface area contributed by atoms with Gasteiger partial charge in [-0.3, -0.25) is 0 Å². The minimum absolute atomic E-state index is 0.602. The van der Waals surface area contributed by atoms with Crippen LogP contribution >= 0.6 is 11.8 Å². The third-order valence-corrected chi connectivity index (χ3v) is 3.57. The number of rotatable bonds is 5. The van der Waals surface area contributed by atoms with Gasteiger partial charge in [0.25, 0.3) is 0 Å². The summed E-state index contributed by atoms with van der Waals surface area (Å²) in [6, 6.07) is 17.0. The van der Waals surface area contributed by atoms with Crippen molar-refractivity contribution < 1.29 is 4.74 Å². The molecule has 96 valence electrons. The standard InChI is InChI=1S/C15H14N2OS/c16-11-12-5-7-13(8-6-12)18-9-10-19-15-4-2-1-3-14(15)17/h1-8H,9-10,17H2. The van der Waals surface area contributed by atoms with Gasteiger partial charge in [-0.15, -0.1) is 11.8 Å². The van der Waals surface area contributed by atoms with Gasteiger partial charge < -0.3 is 10.5 Å². The van der Waals surface area contributed by atoms with Gasteiger partial charge in [-0.1, -0.05) is 12.1 Å². The van der Waals surface area contributed by atoms with Gasteiger partial charge in [0, 0.05) is 16.3 Å². The Balaban J connectivity index is 1.78. The molecule has 2 N–H and O–H groups in total. The zero-order chi connectivity index (χ0) is 13.5. The maximum absolute atomic E-state index is 8.69. The molecule has 0 aromatic heterocycles. The molecule has 2 rings (SSSR count). The fourth-order valence-corrected chi connectivity index (χ4v) is 2.34. The summed E-state index contributed by atoms with van der Waals surface area (Å²) in [6.45, 7) is 0.602. The molecule has 0 atom stereocenters. The number of nitrogen functional groups attached to an aromatic ring is 1. The number of para-hydroxylation sites is 1. The second-order valence-corrected chi connectivity index (χ2v) is 5.01. The zero-order valence-corrected chi connectivity index (χ0v) is 11.2. The van der Waals surface area contributed by atoms with E-state index in [4.69, 9.17) is 15.7 Å².